The minimum Gasteiger partial charge on any atom is -0.485 e. The summed E-state index contributed by atoms with van der Waals surface area (Å²) in [4.78, 5) is 4.39. The van der Waals surface area contributed by atoms with Crippen LogP contribution < -0.4 is 9.47 Å². The zero-order chi connectivity index (χ0) is 17.8. The summed E-state index contributed by atoms with van der Waals surface area (Å²) in [6.07, 6.45) is 1.81. The van der Waals surface area contributed by atoms with Gasteiger partial charge in [-0.25, -0.2) is 0 Å². The highest BCUT2D eigenvalue weighted by molar-refractivity contribution is 5.45. The summed E-state index contributed by atoms with van der Waals surface area (Å²) in [7, 11) is 0. The molecule has 134 valence electrons. The van der Waals surface area contributed by atoms with Gasteiger partial charge in [0.15, 0.2) is 11.5 Å². The van der Waals surface area contributed by atoms with Gasteiger partial charge < -0.3 is 14.2 Å². The number of aryl methyl sites for hydroxylation is 1. The van der Waals surface area contributed by atoms with Crippen LogP contribution in [0.15, 0.2) is 36.4 Å². The quantitative estimate of drug-likeness (QED) is 0.750. The van der Waals surface area contributed by atoms with Crippen molar-refractivity contribution in [3.05, 3.63) is 53.3 Å². The molecular weight excluding hydrogens is 328 g/mol. The number of hydrogen-bond acceptors (Lipinski definition) is 4. The fraction of sp³-hybridized carbons (Fsp3) is 0.421. The maximum Gasteiger partial charge on any atom is 0.387 e. The minimum atomic E-state index is -2.94. The van der Waals surface area contributed by atoms with E-state index in [0.29, 0.717) is 11.4 Å². The van der Waals surface area contributed by atoms with Crippen molar-refractivity contribution in [2.24, 2.45) is 0 Å². The Kier molecular flexibility index (Phi) is 5.48. The van der Waals surface area contributed by atoms with Gasteiger partial charge in [-0.2, -0.15) is 8.78 Å². The SMILES string of the molecule is Cc1nc(C2CCC(C)O2)cc(OCc2ccccc2)c1OC(F)F. The first-order valence-electron chi connectivity index (χ1n) is 8.31. The second kappa shape index (κ2) is 7.78. The molecule has 0 aliphatic carbocycles. The highest BCUT2D eigenvalue weighted by Gasteiger charge is 2.27. The van der Waals surface area contributed by atoms with Crippen molar-refractivity contribution >= 4 is 0 Å². The average Bonchev–Trinajstić information content (AvgIpc) is 3.02. The molecule has 0 N–H and O–H groups in total. The molecular formula is C19H21F2NO3. The molecule has 0 amide bonds. The lowest BCUT2D eigenvalue weighted by Crippen LogP contribution is -2.10. The fourth-order valence-corrected chi connectivity index (χ4v) is 2.91. The number of nitrogens with zero attached hydrogens (tertiary/aromatic N) is 1. The molecule has 1 fully saturated rings. The summed E-state index contributed by atoms with van der Waals surface area (Å²) in [5, 5.41) is 0. The molecule has 1 aliphatic heterocycles. The van der Waals surface area contributed by atoms with Gasteiger partial charge in [0.25, 0.3) is 0 Å². The van der Waals surface area contributed by atoms with Gasteiger partial charge in [0, 0.05) is 6.07 Å². The van der Waals surface area contributed by atoms with E-state index in [0.717, 1.165) is 18.4 Å². The lowest BCUT2D eigenvalue weighted by atomic mass is 10.1. The third-order valence-corrected chi connectivity index (χ3v) is 4.13. The molecule has 0 bridgehead atoms. The molecule has 1 saturated heterocycles. The Balaban J connectivity index is 1.87. The van der Waals surface area contributed by atoms with E-state index < -0.39 is 6.61 Å². The van der Waals surface area contributed by atoms with Crippen molar-refractivity contribution in [2.45, 2.75) is 52.1 Å². The predicted octanol–water partition coefficient (Wildman–Crippen LogP) is 4.81. The Morgan fingerprint density at radius 3 is 2.64 bits per heavy atom. The largest absolute Gasteiger partial charge is 0.485 e. The lowest BCUT2D eigenvalue weighted by molar-refractivity contribution is -0.0524. The molecule has 1 aromatic carbocycles. The van der Waals surface area contributed by atoms with E-state index in [4.69, 9.17) is 9.47 Å². The second-order valence-corrected chi connectivity index (χ2v) is 6.13. The number of halogens is 2. The van der Waals surface area contributed by atoms with Crippen LogP contribution in [0.5, 0.6) is 11.5 Å². The summed E-state index contributed by atoms with van der Waals surface area (Å²) in [6, 6.07) is 11.2. The number of hydrogen-bond donors (Lipinski definition) is 0. The van der Waals surface area contributed by atoms with Crippen LogP contribution in [0.4, 0.5) is 8.78 Å². The molecule has 2 heterocycles. The van der Waals surface area contributed by atoms with Crippen LogP contribution in [-0.2, 0) is 11.3 Å². The van der Waals surface area contributed by atoms with Gasteiger partial charge in [-0.15, -0.1) is 0 Å². The molecule has 0 saturated carbocycles. The van der Waals surface area contributed by atoms with Crippen LogP contribution in [0.3, 0.4) is 0 Å². The van der Waals surface area contributed by atoms with Crippen molar-refractivity contribution in [1.82, 2.24) is 4.98 Å². The lowest BCUT2D eigenvalue weighted by Gasteiger charge is -2.18. The average molecular weight is 349 g/mol. The van der Waals surface area contributed by atoms with Crippen molar-refractivity contribution in [2.75, 3.05) is 0 Å². The molecule has 4 nitrogen and oxygen atoms in total. The van der Waals surface area contributed by atoms with E-state index in [1.165, 1.54) is 0 Å². The molecule has 0 spiro atoms. The van der Waals surface area contributed by atoms with Crippen LogP contribution in [-0.4, -0.2) is 17.7 Å². The standard InChI is InChI=1S/C19H21F2NO3/c1-12-8-9-16(24-12)15-10-17(18(13(2)22-15)25-19(20)21)23-11-14-6-4-3-5-7-14/h3-7,10,12,16,19H,8-9,11H2,1-2H3. The first kappa shape index (κ1) is 17.6. The zero-order valence-electron chi connectivity index (χ0n) is 14.2. The Morgan fingerprint density at radius 2 is 2.00 bits per heavy atom. The number of pyridine rings is 1. The summed E-state index contributed by atoms with van der Waals surface area (Å²) >= 11 is 0. The van der Waals surface area contributed by atoms with Crippen LogP contribution in [0.1, 0.15) is 42.8 Å². The Hall–Kier alpha value is -2.21. The van der Waals surface area contributed by atoms with Crippen molar-refractivity contribution in [3.63, 3.8) is 0 Å². The van der Waals surface area contributed by atoms with E-state index in [9.17, 15) is 8.78 Å². The number of rotatable bonds is 6. The molecule has 3 rings (SSSR count). The van der Waals surface area contributed by atoms with Gasteiger partial charge in [0.05, 0.1) is 17.5 Å². The topological polar surface area (TPSA) is 40.6 Å². The molecule has 1 aromatic heterocycles. The summed E-state index contributed by atoms with van der Waals surface area (Å²) in [6.45, 7) is 0.960. The predicted molar refractivity (Wildman–Crippen MR) is 88.9 cm³/mol. The zero-order valence-corrected chi connectivity index (χ0v) is 14.2. The van der Waals surface area contributed by atoms with E-state index in [1.54, 1.807) is 13.0 Å². The second-order valence-electron chi connectivity index (χ2n) is 6.13. The molecule has 1 aliphatic rings. The van der Waals surface area contributed by atoms with Crippen LogP contribution in [0, 0.1) is 6.92 Å². The Bertz CT molecular complexity index is 709. The van der Waals surface area contributed by atoms with Crippen molar-refractivity contribution in [1.29, 1.82) is 0 Å². The number of benzene rings is 1. The number of aromatic nitrogens is 1. The molecule has 2 aromatic rings. The molecule has 25 heavy (non-hydrogen) atoms. The van der Waals surface area contributed by atoms with Gasteiger partial charge in [0.2, 0.25) is 0 Å². The highest BCUT2D eigenvalue weighted by atomic mass is 19.3. The van der Waals surface area contributed by atoms with Crippen LogP contribution in [0.2, 0.25) is 0 Å². The molecule has 2 unspecified atom stereocenters. The van der Waals surface area contributed by atoms with E-state index >= 15 is 0 Å². The van der Waals surface area contributed by atoms with Crippen molar-refractivity contribution in [3.8, 4) is 11.5 Å². The molecule has 0 radical (unpaired) electrons. The van der Waals surface area contributed by atoms with Gasteiger partial charge in [0.1, 0.15) is 12.7 Å². The highest BCUT2D eigenvalue weighted by Crippen LogP contribution is 2.38. The number of alkyl halides is 2. The first-order chi connectivity index (χ1) is 12.0. The Morgan fingerprint density at radius 1 is 1.24 bits per heavy atom. The minimum absolute atomic E-state index is 0.0271. The van der Waals surface area contributed by atoms with Gasteiger partial charge in [-0.1, -0.05) is 30.3 Å². The Labute approximate surface area is 145 Å². The van der Waals surface area contributed by atoms with Crippen LogP contribution >= 0.6 is 0 Å². The maximum atomic E-state index is 12.8. The maximum absolute atomic E-state index is 12.8. The van der Waals surface area contributed by atoms with Gasteiger partial charge >= 0.3 is 6.61 Å². The molecule has 6 heteroatoms. The van der Waals surface area contributed by atoms with E-state index in [1.807, 2.05) is 37.3 Å². The monoisotopic (exact) mass is 349 g/mol. The third-order valence-electron chi connectivity index (χ3n) is 4.13. The molecule has 2 atom stereocenters. The number of ether oxygens (including phenoxy) is 3. The normalized spacial score (nSPS) is 20.0. The van der Waals surface area contributed by atoms with Gasteiger partial charge in [-0.3, -0.25) is 4.98 Å². The van der Waals surface area contributed by atoms with E-state index in [-0.39, 0.29) is 30.3 Å². The van der Waals surface area contributed by atoms with Crippen LogP contribution in [0.25, 0.3) is 0 Å². The smallest absolute Gasteiger partial charge is 0.387 e. The van der Waals surface area contributed by atoms with Gasteiger partial charge in [-0.05, 0) is 32.3 Å². The third kappa shape index (κ3) is 4.45. The summed E-state index contributed by atoms with van der Waals surface area (Å²) in [5.41, 5.74) is 1.99. The van der Waals surface area contributed by atoms with E-state index in [2.05, 4.69) is 9.72 Å². The summed E-state index contributed by atoms with van der Waals surface area (Å²) in [5.74, 6) is 0.232. The summed E-state index contributed by atoms with van der Waals surface area (Å²) < 4.78 is 41.8. The first-order valence-corrected chi connectivity index (χ1v) is 8.31. The fourth-order valence-electron chi connectivity index (χ4n) is 2.91. The van der Waals surface area contributed by atoms with Crippen molar-refractivity contribution < 1.29 is 23.0 Å².